The van der Waals surface area contributed by atoms with Crippen LogP contribution in [0.5, 0.6) is 11.5 Å². The first-order valence-corrected chi connectivity index (χ1v) is 10.9. The molecule has 0 saturated carbocycles. The van der Waals surface area contributed by atoms with Gasteiger partial charge in [-0.2, -0.15) is 0 Å². The fourth-order valence-corrected chi connectivity index (χ4v) is 3.98. The quantitative estimate of drug-likeness (QED) is 0.427. The smallest absolute Gasteiger partial charge is 0.230 e. The number of carbonyl (C=O) groups excluding carboxylic acids is 1. The van der Waals surface area contributed by atoms with E-state index in [1.807, 2.05) is 41.8 Å². The van der Waals surface area contributed by atoms with E-state index in [9.17, 15) is 4.79 Å². The van der Waals surface area contributed by atoms with Crippen molar-refractivity contribution in [2.45, 2.75) is 24.7 Å². The van der Waals surface area contributed by atoms with Crippen molar-refractivity contribution in [3.05, 3.63) is 60.9 Å². The molecule has 0 aliphatic carbocycles. The number of nitrogens with zero attached hydrogens (tertiary/aromatic N) is 4. The number of aromatic nitrogens is 4. The van der Waals surface area contributed by atoms with Crippen molar-refractivity contribution in [2.24, 2.45) is 0 Å². The third kappa shape index (κ3) is 4.88. The first kappa shape index (κ1) is 20.9. The normalized spacial score (nSPS) is 13.5. The van der Waals surface area contributed by atoms with E-state index < -0.39 is 0 Å². The summed E-state index contributed by atoms with van der Waals surface area (Å²) < 4.78 is 13.1. The molecule has 0 saturated heterocycles. The molecule has 1 aliphatic rings. The summed E-state index contributed by atoms with van der Waals surface area (Å²) in [6.07, 6.45) is 5.22. The lowest BCUT2D eigenvalue weighted by Crippen LogP contribution is -2.28. The Balaban J connectivity index is 1.39. The van der Waals surface area contributed by atoms with Gasteiger partial charge in [0, 0.05) is 24.5 Å². The number of nitrogens with one attached hydrogen (secondary N) is 1. The minimum Gasteiger partial charge on any atom is -0.486 e. The van der Waals surface area contributed by atoms with Crippen molar-refractivity contribution >= 4 is 17.7 Å². The molecule has 1 aromatic carbocycles. The van der Waals surface area contributed by atoms with E-state index in [1.165, 1.54) is 11.8 Å². The summed E-state index contributed by atoms with van der Waals surface area (Å²) in [5.41, 5.74) is 1.82. The van der Waals surface area contributed by atoms with Gasteiger partial charge in [-0.25, -0.2) is 0 Å². The van der Waals surface area contributed by atoms with E-state index in [4.69, 9.17) is 9.47 Å². The van der Waals surface area contributed by atoms with Gasteiger partial charge in [-0.1, -0.05) is 23.9 Å². The predicted molar refractivity (Wildman–Crippen MR) is 118 cm³/mol. The average Bonchev–Trinajstić information content (AvgIpc) is 3.20. The molecule has 9 heteroatoms. The van der Waals surface area contributed by atoms with Crippen LogP contribution in [0.3, 0.4) is 0 Å². The Morgan fingerprint density at radius 2 is 2.13 bits per heavy atom. The zero-order valence-corrected chi connectivity index (χ0v) is 18.0. The number of carbonyl (C=O) groups is 1. The molecule has 0 spiro atoms. The SMILES string of the molecule is C=CCn1c(SCC(=O)NC(C)c2ccc3c(c2)OCCO3)nnc1-c1cccnc1. The Labute approximate surface area is 184 Å². The van der Waals surface area contributed by atoms with E-state index in [0.717, 1.165) is 16.9 Å². The Morgan fingerprint density at radius 3 is 2.90 bits per heavy atom. The summed E-state index contributed by atoms with van der Waals surface area (Å²) in [6.45, 7) is 7.36. The monoisotopic (exact) mass is 437 g/mol. The van der Waals surface area contributed by atoms with Crippen molar-refractivity contribution in [2.75, 3.05) is 19.0 Å². The van der Waals surface area contributed by atoms with Crippen LogP contribution in [0.15, 0.2) is 60.5 Å². The molecule has 0 bridgehead atoms. The molecule has 31 heavy (non-hydrogen) atoms. The van der Waals surface area contributed by atoms with Gasteiger partial charge in [0.1, 0.15) is 13.2 Å². The molecule has 0 radical (unpaired) electrons. The Bertz CT molecular complexity index is 1070. The molecule has 1 unspecified atom stereocenters. The van der Waals surface area contributed by atoms with Crippen LogP contribution in [0, 0.1) is 0 Å². The molecule has 160 valence electrons. The van der Waals surface area contributed by atoms with Crippen molar-refractivity contribution < 1.29 is 14.3 Å². The van der Waals surface area contributed by atoms with Crippen LogP contribution in [0.4, 0.5) is 0 Å². The number of ether oxygens (including phenoxy) is 2. The largest absolute Gasteiger partial charge is 0.486 e. The van der Waals surface area contributed by atoms with Crippen LogP contribution >= 0.6 is 11.8 Å². The van der Waals surface area contributed by atoms with Crippen molar-refractivity contribution in [3.8, 4) is 22.9 Å². The minimum atomic E-state index is -0.166. The fraction of sp³-hybridized carbons (Fsp3) is 0.273. The maximum absolute atomic E-state index is 12.6. The molecule has 4 rings (SSSR count). The van der Waals surface area contributed by atoms with E-state index in [2.05, 4.69) is 27.1 Å². The average molecular weight is 438 g/mol. The molecular weight excluding hydrogens is 414 g/mol. The number of rotatable bonds is 8. The number of thioether (sulfide) groups is 1. The lowest BCUT2D eigenvalue weighted by Gasteiger charge is -2.21. The zero-order valence-electron chi connectivity index (χ0n) is 17.2. The maximum atomic E-state index is 12.6. The second kappa shape index (κ2) is 9.65. The topological polar surface area (TPSA) is 91.2 Å². The van der Waals surface area contributed by atoms with Gasteiger partial charge in [0.25, 0.3) is 0 Å². The van der Waals surface area contributed by atoms with Crippen molar-refractivity contribution in [1.82, 2.24) is 25.1 Å². The molecule has 2 aromatic heterocycles. The van der Waals surface area contributed by atoms with Crippen LogP contribution in [-0.4, -0.2) is 44.6 Å². The molecule has 1 atom stereocenters. The van der Waals surface area contributed by atoms with Crippen LogP contribution in [-0.2, 0) is 11.3 Å². The van der Waals surface area contributed by atoms with Crippen LogP contribution in [0.25, 0.3) is 11.4 Å². The summed E-state index contributed by atoms with van der Waals surface area (Å²) >= 11 is 1.34. The van der Waals surface area contributed by atoms with Crippen LogP contribution in [0.1, 0.15) is 18.5 Å². The number of benzene rings is 1. The number of fused-ring (bicyclic) bond motifs is 1. The summed E-state index contributed by atoms with van der Waals surface area (Å²) in [5, 5.41) is 12.2. The lowest BCUT2D eigenvalue weighted by molar-refractivity contribution is -0.119. The lowest BCUT2D eigenvalue weighted by atomic mass is 10.1. The van der Waals surface area contributed by atoms with Gasteiger partial charge in [0.15, 0.2) is 22.5 Å². The molecule has 1 N–H and O–H groups in total. The van der Waals surface area contributed by atoms with Gasteiger partial charge in [0.2, 0.25) is 5.91 Å². The van der Waals surface area contributed by atoms with Gasteiger partial charge < -0.3 is 14.8 Å². The van der Waals surface area contributed by atoms with E-state index >= 15 is 0 Å². The third-order valence-corrected chi connectivity index (χ3v) is 5.69. The third-order valence-electron chi connectivity index (χ3n) is 4.72. The molecule has 3 aromatic rings. The van der Waals surface area contributed by atoms with E-state index in [0.29, 0.717) is 36.5 Å². The first-order valence-electron chi connectivity index (χ1n) is 9.92. The van der Waals surface area contributed by atoms with E-state index in [-0.39, 0.29) is 17.7 Å². The Morgan fingerprint density at radius 1 is 1.29 bits per heavy atom. The molecule has 1 aliphatic heterocycles. The zero-order chi connectivity index (χ0) is 21.6. The number of hydrogen-bond acceptors (Lipinski definition) is 7. The highest BCUT2D eigenvalue weighted by Crippen LogP contribution is 2.32. The highest BCUT2D eigenvalue weighted by atomic mass is 32.2. The number of amides is 1. The first-order chi connectivity index (χ1) is 15.2. The molecule has 0 fully saturated rings. The van der Waals surface area contributed by atoms with Crippen LogP contribution in [0.2, 0.25) is 0 Å². The summed E-state index contributed by atoms with van der Waals surface area (Å²) in [4.78, 5) is 16.7. The predicted octanol–water partition coefficient (Wildman–Crippen LogP) is 3.27. The summed E-state index contributed by atoms with van der Waals surface area (Å²) in [5.74, 6) is 2.26. The summed E-state index contributed by atoms with van der Waals surface area (Å²) in [7, 11) is 0. The van der Waals surface area contributed by atoms with Crippen LogP contribution < -0.4 is 14.8 Å². The van der Waals surface area contributed by atoms with Crippen molar-refractivity contribution in [3.63, 3.8) is 0 Å². The number of hydrogen-bond donors (Lipinski definition) is 1. The van der Waals surface area contributed by atoms with Crippen molar-refractivity contribution in [1.29, 1.82) is 0 Å². The summed E-state index contributed by atoms with van der Waals surface area (Å²) in [6, 6.07) is 9.33. The number of allylic oxidation sites excluding steroid dienone is 1. The highest BCUT2D eigenvalue weighted by molar-refractivity contribution is 7.99. The second-order valence-electron chi connectivity index (χ2n) is 6.93. The maximum Gasteiger partial charge on any atom is 0.230 e. The van der Waals surface area contributed by atoms with Gasteiger partial charge in [-0.05, 0) is 36.8 Å². The van der Waals surface area contributed by atoms with Gasteiger partial charge >= 0.3 is 0 Å². The van der Waals surface area contributed by atoms with Gasteiger partial charge in [-0.15, -0.1) is 16.8 Å². The number of pyridine rings is 1. The second-order valence-corrected chi connectivity index (χ2v) is 7.87. The van der Waals surface area contributed by atoms with E-state index in [1.54, 1.807) is 18.5 Å². The van der Waals surface area contributed by atoms with Gasteiger partial charge in [-0.3, -0.25) is 14.3 Å². The Hall–Kier alpha value is -3.33. The standard InChI is InChI=1S/C22H23N5O3S/c1-3-9-27-21(17-5-4-8-23-13-17)25-26-22(27)31-14-20(28)24-15(2)16-6-7-18-19(12-16)30-11-10-29-18/h3-8,12-13,15H,1,9-11,14H2,2H3,(H,24,28). The molecule has 3 heterocycles. The fourth-order valence-electron chi connectivity index (χ4n) is 3.22. The Kier molecular flexibility index (Phi) is 6.51. The van der Waals surface area contributed by atoms with Gasteiger partial charge in [0.05, 0.1) is 11.8 Å². The molecular formula is C22H23N5O3S. The molecule has 8 nitrogen and oxygen atoms in total. The molecule has 1 amide bonds. The highest BCUT2D eigenvalue weighted by Gasteiger charge is 2.18. The minimum absolute atomic E-state index is 0.0940.